The Bertz CT molecular complexity index is 336. The summed E-state index contributed by atoms with van der Waals surface area (Å²) in [7, 11) is 0. The van der Waals surface area contributed by atoms with Gasteiger partial charge in [-0.05, 0) is 24.5 Å². The second kappa shape index (κ2) is 3.11. The van der Waals surface area contributed by atoms with E-state index in [0.29, 0.717) is 10.9 Å². The lowest BCUT2D eigenvalue weighted by Crippen LogP contribution is -2.12. The highest BCUT2D eigenvalue weighted by molar-refractivity contribution is 6.32. The standard InChI is InChI=1S/C10H11ClO2/c1-6-4-5-13-8-3-2-7(11)10(12)9(6)8/h2-3,6,12H,4-5H2,1H3. The predicted octanol–water partition coefficient (Wildman–Crippen LogP) is 2.93. The SMILES string of the molecule is CC1CCOc2ccc(Cl)c(O)c21. The van der Waals surface area contributed by atoms with Crippen LogP contribution in [0.1, 0.15) is 24.8 Å². The van der Waals surface area contributed by atoms with E-state index < -0.39 is 0 Å². The third-order valence-electron chi connectivity index (χ3n) is 2.43. The van der Waals surface area contributed by atoms with Crippen LogP contribution < -0.4 is 4.74 Å². The molecule has 1 heterocycles. The number of fused-ring (bicyclic) bond motifs is 1. The monoisotopic (exact) mass is 198 g/mol. The van der Waals surface area contributed by atoms with Crippen LogP contribution in [0.5, 0.6) is 11.5 Å². The first kappa shape index (κ1) is 8.70. The molecule has 0 saturated heterocycles. The largest absolute Gasteiger partial charge is 0.506 e. The first-order chi connectivity index (χ1) is 6.20. The van der Waals surface area contributed by atoms with Gasteiger partial charge in [0.25, 0.3) is 0 Å². The fourth-order valence-corrected chi connectivity index (χ4v) is 1.82. The summed E-state index contributed by atoms with van der Waals surface area (Å²) >= 11 is 5.81. The van der Waals surface area contributed by atoms with Gasteiger partial charge in [0.05, 0.1) is 11.6 Å². The topological polar surface area (TPSA) is 29.5 Å². The maximum atomic E-state index is 9.70. The number of benzene rings is 1. The summed E-state index contributed by atoms with van der Waals surface area (Å²) in [6, 6.07) is 3.47. The molecule has 13 heavy (non-hydrogen) atoms. The zero-order chi connectivity index (χ0) is 9.42. The van der Waals surface area contributed by atoms with Crippen molar-refractivity contribution in [1.29, 1.82) is 0 Å². The predicted molar refractivity (Wildman–Crippen MR) is 51.6 cm³/mol. The summed E-state index contributed by atoms with van der Waals surface area (Å²) in [4.78, 5) is 0. The Balaban J connectivity index is 2.58. The minimum absolute atomic E-state index is 0.173. The molecular weight excluding hydrogens is 188 g/mol. The van der Waals surface area contributed by atoms with Crippen LogP contribution >= 0.6 is 11.6 Å². The van der Waals surface area contributed by atoms with Gasteiger partial charge in [0.1, 0.15) is 11.5 Å². The molecule has 0 aliphatic carbocycles. The average Bonchev–Trinajstić information content (AvgIpc) is 2.12. The third-order valence-corrected chi connectivity index (χ3v) is 2.73. The average molecular weight is 199 g/mol. The second-order valence-corrected chi connectivity index (χ2v) is 3.75. The first-order valence-electron chi connectivity index (χ1n) is 4.34. The molecule has 1 atom stereocenters. The highest BCUT2D eigenvalue weighted by atomic mass is 35.5. The number of ether oxygens (including phenoxy) is 1. The van der Waals surface area contributed by atoms with Crippen molar-refractivity contribution in [2.24, 2.45) is 0 Å². The van der Waals surface area contributed by atoms with E-state index in [-0.39, 0.29) is 5.75 Å². The highest BCUT2D eigenvalue weighted by Crippen LogP contribution is 2.42. The number of hydrogen-bond acceptors (Lipinski definition) is 2. The minimum atomic E-state index is 0.173. The van der Waals surface area contributed by atoms with Gasteiger partial charge in [0.15, 0.2) is 0 Å². The zero-order valence-electron chi connectivity index (χ0n) is 7.38. The van der Waals surface area contributed by atoms with E-state index in [9.17, 15) is 5.11 Å². The van der Waals surface area contributed by atoms with Crippen molar-refractivity contribution < 1.29 is 9.84 Å². The number of phenolic OH excluding ortho intramolecular Hbond substituents is 1. The van der Waals surface area contributed by atoms with Crippen molar-refractivity contribution in [2.75, 3.05) is 6.61 Å². The Morgan fingerprint density at radius 3 is 3.08 bits per heavy atom. The van der Waals surface area contributed by atoms with Gasteiger partial charge in [-0.15, -0.1) is 0 Å². The fraction of sp³-hybridized carbons (Fsp3) is 0.400. The van der Waals surface area contributed by atoms with E-state index in [1.54, 1.807) is 6.07 Å². The summed E-state index contributed by atoms with van der Waals surface area (Å²) in [5, 5.41) is 10.1. The summed E-state index contributed by atoms with van der Waals surface area (Å²) in [5.74, 6) is 1.26. The summed E-state index contributed by atoms with van der Waals surface area (Å²) in [5.41, 5.74) is 0.846. The van der Waals surface area contributed by atoms with Gasteiger partial charge in [-0.2, -0.15) is 0 Å². The molecule has 3 heteroatoms. The van der Waals surface area contributed by atoms with Crippen LogP contribution in [0.2, 0.25) is 5.02 Å². The fourth-order valence-electron chi connectivity index (χ4n) is 1.66. The molecule has 1 aromatic rings. The van der Waals surface area contributed by atoms with E-state index >= 15 is 0 Å². The Morgan fingerprint density at radius 2 is 2.31 bits per heavy atom. The normalized spacial score (nSPS) is 20.6. The molecule has 1 aliphatic rings. The summed E-state index contributed by atoms with van der Waals surface area (Å²) < 4.78 is 5.41. The summed E-state index contributed by atoms with van der Waals surface area (Å²) in [6.07, 6.45) is 0.931. The van der Waals surface area contributed by atoms with Crippen LogP contribution in [0.3, 0.4) is 0 Å². The van der Waals surface area contributed by atoms with Crippen molar-refractivity contribution in [1.82, 2.24) is 0 Å². The van der Waals surface area contributed by atoms with Gasteiger partial charge in [-0.1, -0.05) is 18.5 Å². The lowest BCUT2D eigenvalue weighted by Gasteiger charge is -2.24. The van der Waals surface area contributed by atoms with Crippen molar-refractivity contribution >= 4 is 11.6 Å². The number of aromatic hydroxyl groups is 1. The van der Waals surface area contributed by atoms with Gasteiger partial charge in [0, 0.05) is 5.56 Å². The maximum Gasteiger partial charge on any atom is 0.141 e. The lowest BCUT2D eigenvalue weighted by atomic mass is 9.94. The molecule has 0 spiro atoms. The Morgan fingerprint density at radius 1 is 1.54 bits per heavy atom. The molecule has 0 saturated carbocycles. The number of rotatable bonds is 0. The van der Waals surface area contributed by atoms with E-state index in [1.807, 2.05) is 6.07 Å². The number of phenols is 1. The maximum absolute atomic E-state index is 9.70. The smallest absolute Gasteiger partial charge is 0.141 e. The van der Waals surface area contributed by atoms with Gasteiger partial charge in [-0.3, -0.25) is 0 Å². The van der Waals surface area contributed by atoms with Crippen LogP contribution in [-0.2, 0) is 0 Å². The van der Waals surface area contributed by atoms with Gasteiger partial charge in [-0.25, -0.2) is 0 Å². The van der Waals surface area contributed by atoms with Gasteiger partial charge >= 0.3 is 0 Å². The first-order valence-corrected chi connectivity index (χ1v) is 4.72. The summed E-state index contributed by atoms with van der Waals surface area (Å²) in [6.45, 7) is 2.78. The van der Waals surface area contributed by atoms with Crippen LogP contribution in [0, 0.1) is 0 Å². The Hall–Kier alpha value is -0.890. The highest BCUT2D eigenvalue weighted by Gasteiger charge is 2.22. The minimum Gasteiger partial charge on any atom is -0.506 e. The van der Waals surface area contributed by atoms with E-state index in [0.717, 1.165) is 24.3 Å². The van der Waals surface area contributed by atoms with Crippen molar-refractivity contribution in [2.45, 2.75) is 19.3 Å². The molecule has 70 valence electrons. The van der Waals surface area contributed by atoms with Crippen LogP contribution in [0.15, 0.2) is 12.1 Å². The van der Waals surface area contributed by atoms with E-state index in [1.165, 1.54) is 0 Å². The van der Waals surface area contributed by atoms with Crippen LogP contribution in [0.25, 0.3) is 0 Å². The molecule has 1 unspecified atom stereocenters. The molecule has 1 N–H and O–H groups in total. The van der Waals surface area contributed by atoms with Gasteiger partial charge in [0.2, 0.25) is 0 Å². The molecule has 0 bridgehead atoms. The molecule has 1 aliphatic heterocycles. The lowest BCUT2D eigenvalue weighted by molar-refractivity contribution is 0.267. The number of halogens is 1. The Labute approximate surface area is 82.1 Å². The van der Waals surface area contributed by atoms with Crippen LogP contribution in [0.4, 0.5) is 0 Å². The molecule has 0 aromatic heterocycles. The van der Waals surface area contributed by atoms with Gasteiger partial charge < -0.3 is 9.84 Å². The molecule has 0 radical (unpaired) electrons. The van der Waals surface area contributed by atoms with Crippen LogP contribution in [-0.4, -0.2) is 11.7 Å². The van der Waals surface area contributed by atoms with Crippen molar-refractivity contribution in [3.63, 3.8) is 0 Å². The second-order valence-electron chi connectivity index (χ2n) is 3.35. The molecule has 2 rings (SSSR count). The quantitative estimate of drug-likeness (QED) is 0.695. The molecule has 2 nitrogen and oxygen atoms in total. The molecule has 1 aromatic carbocycles. The molecular formula is C10H11ClO2. The van der Waals surface area contributed by atoms with E-state index in [2.05, 4.69) is 6.92 Å². The molecule has 0 fully saturated rings. The zero-order valence-corrected chi connectivity index (χ0v) is 8.14. The van der Waals surface area contributed by atoms with Crippen molar-refractivity contribution in [3.8, 4) is 11.5 Å². The number of hydrogen-bond donors (Lipinski definition) is 1. The van der Waals surface area contributed by atoms with Crippen molar-refractivity contribution in [3.05, 3.63) is 22.7 Å². The third kappa shape index (κ3) is 1.35. The van der Waals surface area contributed by atoms with E-state index in [4.69, 9.17) is 16.3 Å². The Kier molecular flexibility index (Phi) is 2.08. The molecule has 0 amide bonds.